The molecule has 0 radical (unpaired) electrons. The largest absolute Gasteiger partial charge is 0.309 e. The second kappa shape index (κ2) is 10.7. The van der Waals surface area contributed by atoms with E-state index >= 15 is 9.13 Å². The van der Waals surface area contributed by atoms with Crippen molar-refractivity contribution in [1.82, 2.24) is 0 Å². The number of hydrogen-bond donors (Lipinski definition) is 0. The molecule has 7 rings (SSSR count). The number of hydrogen-bond acceptors (Lipinski definition) is 2. The third kappa shape index (κ3) is 4.19. The molecule has 2 nitrogen and oxygen atoms in total. The van der Waals surface area contributed by atoms with Gasteiger partial charge in [0.15, 0.2) is 14.3 Å². The molecule has 42 heavy (non-hydrogen) atoms. The number of benzene rings is 7. The summed E-state index contributed by atoms with van der Waals surface area (Å²) in [5.41, 5.74) is 0. The molecular weight excluding hydrogens is 550 g/mol. The molecule has 0 unspecified atom stereocenters. The van der Waals surface area contributed by atoms with E-state index in [1.807, 2.05) is 146 Å². The van der Waals surface area contributed by atoms with Crippen LogP contribution in [0.4, 0.5) is 0 Å². The fraction of sp³-hybridized carbons (Fsp3) is 0. The first-order valence-corrected chi connectivity index (χ1v) is 17.4. The summed E-state index contributed by atoms with van der Waals surface area (Å²) in [5, 5.41) is 8.02. The van der Waals surface area contributed by atoms with Gasteiger partial charge in [-0.3, -0.25) is 0 Å². The van der Waals surface area contributed by atoms with E-state index in [2.05, 4.69) is 24.3 Å². The van der Waals surface area contributed by atoms with Crippen molar-refractivity contribution in [3.8, 4) is 0 Å². The molecule has 0 saturated heterocycles. The molecule has 0 atom stereocenters. The van der Waals surface area contributed by atoms with Gasteiger partial charge in [-0.1, -0.05) is 170 Å². The Morgan fingerprint density at radius 1 is 0.286 bits per heavy atom. The van der Waals surface area contributed by atoms with E-state index in [0.29, 0.717) is 21.2 Å². The molecule has 202 valence electrons. The van der Waals surface area contributed by atoms with Crippen molar-refractivity contribution in [3.05, 3.63) is 170 Å². The summed E-state index contributed by atoms with van der Waals surface area (Å²) in [6.07, 6.45) is 0. The average Bonchev–Trinajstić information content (AvgIpc) is 3.08. The van der Waals surface area contributed by atoms with E-state index in [9.17, 15) is 0 Å². The molecule has 0 aliphatic heterocycles. The molecular formula is C38H28O2P2. The zero-order valence-corrected chi connectivity index (χ0v) is 24.7. The molecule has 0 N–H and O–H groups in total. The normalized spacial score (nSPS) is 12.0. The minimum Gasteiger partial charge on any atom is -0.309 e. The van der Waals surface area contributed by atoms with E-state index in [0.717, 1.165) is 32.2 Å². The first-order chi connectivity index (χ1) is 20.6. The molecule has 0 aliphatic rings. The van der Waals surface area contributed by atoms with Crippen LogP contribution in [0.2, 0.25) is 0 Å². The van der Waals surface area contributed by atoms with Crippen LogP contribution in [0.1, 0.15) is 0 Å². The summed E-state index contributed by atoms with van der Waals surface area (Å²) in [5.74, 6) is 0. The third-order valence-electron chi connectivity index (χ3n) is 8.01. The summed E-state index contributed by atoms with van der Waals surface area (Å²) in [6.45, 7) is 0. The standard InChI is InChI=1S/C38H28O2P2/c39-41(31-19-3-1-4-20-31,32-21-5-2-6-22-32)37-25-11-12-26-38(37)42(40,35-27-13-17-29-15-7-9-23-33(29)35)36-28-14-18-30-16-8-10-24-34(30)36/h1-28H. The van der Waals surface area contributed by atoms with Gasteiger partial charge in [0, 0.05) is 31.8 Å². The number of rotatable bonds is 6. The molecule has 0 bridgehead atoms. The van der Waals surface area contributed by atoms with Crippen molar-refractivity contribution in [2.75, 3.05) is 0 Å². The SMILES string of the molecule is O=P(c1ccccc1)(c1ccccc1)c1ccccc1P(=O)(c1cccc2ccccc12)c1cccc2ccccc12. The van der Waals surface area contributed by atoms with Crippen LogP contribution in [0.5, 0.6) is 0 Å². The van der Waals surface area contributed by atoms with Gasteiger partial charge in [-0.2, -0.15) is 0 Å². The van der Waals surface area contributed by atoms with Gasteiger partial charge >= 0.3 is 0 Å². The molecule has 0 aliphatic carbocycles. The van der Waals surface area contributed by atoms with Crippen molar-refractivity contribution in [1.29, 1.82) is 0 Å². The quantitative estimate of drug-likeness (QED) is 0.195. The van der Waals surface area contributed by atoms with Crippen LogP contribution in [0.3, 0.4) is 0 Å². The molecule has 0 heterocycles. The fourth-order valence-corrected chi connectivity index (χ4v) is 12.8. The first-order valence-electron chi connectivity index (χ1n) is 14.0. The Labute approximate surface area is 246 Å². The van der Waals surface area contributed by atoms with Crippen molar-refractivity contribution in [3.63, 3.8) is 0 Å². The third-order valence-corrected chi connectivity index (χ3v) is 14.5. The molecule has 0 aromatic heterocycles. The second-order valence-corrected chi connectivity index (χ2v) is 15.8. The van der Waals surface area contributed by atoms with Gasteiger partial charge < -0.3 is 9.13 Å². The predicted molar refractivity (Wildman–Crippen MR) is 180 cm³/mol. The van der Waals surface area contributed by atoms with Gasteiger partial charge in [0.2, 0.25) is 0 Å². The topological polar surface area (TPSA) is 34.1 Å². The van der Waals surface area contributed by atoms with Crippen molar-refractivity contribution in [2.45, 2.75) is 0 Å². The summed E-state index contributed by atoms with van der Waals surface area (Å²) in [6, 6.07) is 55.1. The van der Waals surface area contributed by atoms with Crippen molar-refractivity contribution in [2.24, 2.45) is 0 Å². The lowest BCUT2D eigenvalue weighted by Gasteiger charge is -2.29. The Hall–Kier alpha value is -4.48. The summed E-state index contributed by atoms with van der Waals surface area (Å²) in [4.78, 5) is 0. The predicted octanol–water partition coefficient (Wildman–Crippen LogP) is 7.27. The minimum atomic E-state index is -3.61. The molecule has 7 aromatic rings. The monoisotopic (exact) mass is 578 g/mol. The van der Waals surface area contributed by atoms with Crippen LogP contribution in [-0.2, 0) is 9.13 Å². The Kier molecular flexibility index (Phi) is 6.75. The minimum absolute atomic E-state index is 0.603. The lowest BCUT2D eigenvalue weighted by Crippen LogP contribution is -2.39. The Bertz CT molecular complexity index is 2020. The van der Waals surface area contributed by atoms with Gasteiger partial charge in [-0.25, -0.2) is 0 Å². The Morgan fingerprint density at radius 2 is 0.619 bits per heavy atom. The van der Waals surface area contributed by atoms with Crippen molar-refractivity contribution < 1.29 is 9.13 Å². The van der Waals surface area contributed by atoms with E-state index < -0.39 is 14.3 Å². The summed E-state index contributed by atoms with van der Waals surface area (Å²) >= 11 is 0. The van der Waals surface area contributed by atoms with Gasteiger partial charge in [-0.05, 0) is 21.5 Å². The van der Waals surface area contributed by atoms with Crippen LogP contribution in [0, 0.1) is 0 Å². The summed E-state index contributed by atoms with van der Waals surface area (Å²) < 4.78 is 32.2. The van der Waals surface area contributed by atoms with E-state index in [4.69, 9.17) is 0 Å². The molecule has 0 amide bonds. The van der Waals surface area contributed by atoms with E-state index in [1.165, 1.54) is 0 Å². The highest BCUT2D eigenvalue weighted by atomic mass is 31.2. The fourth-order valence-electron chi connectivity index (χ4n) is 6.05. The van der Waals surface area contributed by atoms with Crippen molar-refractivity contribution >= 4 is 67.7 Å². The van der Waals surface area contributed by atoms with Gasteiger partial charge in [0.1, 0.15) is 0 Å². The molecule has 0 saturated carbocycles. The van der Waals surface area contributed by atoms with Crippen LogP contribution in [-0.4, -0.2) is 0 Å². The Morgan fingerprint density at radius 3 is 1.10 bits per heavy atom. The van der Waals surface area contributed by atoms with Gasteiger partial charge in [0.05, 0.1) is 0 Å². The van der Waals surface area contributed by atoms with Crippen LogP contribution in [0.15, 0.2) is 170 Å². The van der Waals surface area contributed by atoms with Crippen LogP contribution >= 0.6 is 14.3 Å². The molecule has 4 heteroatoms. The Balaban J connectivity index is 1.64. The smallest absolute Gasteiger partial charge is 0.173 e. The summed E-state index contributed by atoms with van der Waals surface area (Å²) in [7, 11) is -7.06. The highest BCUT2D eigenvalue weighted by Gasteiger charge is 2.40. The van der Waals surface area contributed by atoms with Crippen LogP contribution in [0.25, 0.3) is 21.5 Å². The maximum atomic E-state index is 16.5. The number of fused-ring (bicyclic) bond motifs is 2. The lowest BCUT2D eigenvalue weighted by molar-refractivity contribution is 0.590. The van der Waals surface area contributed by atoms with Gasteiger partial charge in [0.25, 0.3) is 0 Å². The molecule has 0 fully saturated rings. The maximum absolute atomic E-state index is 16.5. The highest BCUT2D eigenvalue weighted by Crippen LogP contribution is 2.50. The van der Waals surface area contributed by atoms with Gasteiger partial charge in [-0.15, -0.1) is 0 Å². The van der Waals surface area contributed by atoms with E-state index in [1.54, 1.807) is 0 Å². The average molecular weight is 579 g/mol. The zero-order valence-electron chi connectivity index (χ0n) is 22.9. The van der Waals surface area contributed by atoms with Crippen LogP contribution < -0.4 is 31.8 Å². The molecule has 7 aromatic carbocycles. The zero-order chi connectivity index (χ0) is 28.6. The van der Waals surface area contributed by atoms with E-state index in [-0.39, 0.29) is 0 Å². The highest BCUT2D eigenvalue weighted by molar-refractivity contribution is 7.91. The maximum Gasteiger partial charge on any atom is 0.173 e. The molecule has 0 spiro atoms. The lowest BCUT2D eigenvalue weighted by atomic mass is 10.1. The second-order valence-electron chi connectivity index (χ2n) is 10.4. The first kappa shape index (κ1) is 26.4.